The number of benzene rings is 3. The van der Waals surface area contributed by atoms with E-state index in [2.05, 4.69) is 0 Å². The highest BCUT2D eigenvalue weighted by molar-refractivity contribution is 6.07. The molecule has 0 saturated heterocycles. The van der Waals surface area contributed by atoms with Crippen LogP contribution in [0.3, 0.4) is 0 Å². The maximum atomic E-state index is 12.8. The van der Waals surface area contributed by atoms with Crippen molar-refractivity contribution < 1.29 is 18.4 Å². The van der Waals surface area contributed by atoms with Crippen LogP contribution in [-0.2, 0) is 4.79 Å². The van der Waals surface area contributed by atoms with E-state index >= 15 is 0 Å². The van der Waals surface area contributed by atoms with Crippen LogP contribution in [0, 0.1) is 0 Å². The molecule has 0 atom stereocenters. The van der Waals surface area contributed by atoms with Gasteiger partial charge in [0.15, 0.2) is 0 Å². The average Bonchev–Trinajstić information content (AvgIpc) is 2.72. The van der Waals surface area contributed by atoms with E-state index in [1.807, 2.05) is 30.3 Å². The molecular formula is C24H14O6. The molecule has 0 unspecified atom stereocenters. The molecule has 0 spiro atoms. The highest BCUT2D eigenvalue weighted by Crippen LogP contribution is 2.32. The Morgan fingerprint density at radius 3 is 2.43 bits per heavy atom. The van der Waals surface area contributed by atoms with Gasteiger partial charge in [0.25, 0.3) is 0 Å². The van der Waals surface area contributed by atoms with Crippen LogP contribution < -0.4 is 16.0 Å². The van der Waals surface area contributed by atoms with Gasteiger partial charge in [0, 0.05) is 35.4 Å². The number of carbonyl (C=O) groups excluding carboxylic acids is 1. The van der Waals surface area contributed by atoms with Crippen molar-refractivity contribution in [1.29, 1.82) is 0 Å². The molecule has 30 heavy (non-hydrogen) atoms. The van der Waals surface area contributed by atoms with Crippen molar-refractivity contribution in [3.05, 3.63) is 87.6 Å². The third-order valence-corrected chi connectivity index (χ3v) is 4.91. The summed E-state index contributed by atoms with van der Waals surface area (Å²) in [6.45, 7) is 1.28. The number of ether oxygens (including phenoxy) is 1. The third kappa shape index (κ3) is 2.95. The summed E-state index contributed by atoms with van der Waals surface area (Å²) in [7, 11) is 0. The summed E-state index contributed by atoms with van der Waals surface area (Å²) in [5, 5.41) is 3.23. The van der Waals surface area contributed by atoms with E-state index in [1.54, 1.807) is 24.3 Å². The zero-order chi connectivity index (χ0) is 20.8. The van der Waals surface area contributed by atoms with E-state index in [0.29, 0.717) is 16.5 Å². The zero-order valence-electron chi connectivity index (χ0n) is 15.8. The first-order chi connectivity index (χ1) is 14.5. The summed E-state index contributed by atoms with van der Waals surface area (Å²) < 4.78 is 15.9. The van der Waals surface area contributed by atoms with Gasteiger partial charge in [-0.2, -0.15) is 0 Å². The first kappa shape index (κ1) is 17.9. The lowest BCUT2D eigenvalue weighted by Gasteiger charge is -2.08. The summed E-state index contributed by atoms with van der Waals surface area (Å²) >= 11 is 0. The van der Waals surface area contributed by atoms with Gasteiger partial charge in [-0.05, 0) is 35.0 Å². The molecule has 0 saturated carbocycles. The fourth-order valence-electron chi connectivity index (χ4n) is 3.65. The van der Waals surface area contributed by atoms with Gasteiger partial charge in [-0.1, -0.05) is 30.3 Å². The van der Waals surface area contributed by atoms with Crippen molar-refractivity contribution in [3.63, 3.8) is 0 Å². The number of esters is 1. The average molecular weight is 398 g/mol. The van der Waals surface area contributed by atoms with E-state index in [0.717, 1.165) is 16.2 Å². The Hall–Kier alpha value is -4.19. The van der Waals surface area contributed by atoms with Gasteiger partial charge >= 0.3 is 17.2 Å². The fraction of sp³-hybridized carbons (Fsp3) is 0.0417. The van der Waals surface area contributed by atoms with E-state index in [1.165, 1.54) is 19.1 Å². The molecule has 0 fully saturated rings. The van der Waals surface area contributed by atoms with Crippen LogP contribution in [0.4, 0.5) is 0 Å². The monoisotopic (exact) mass is 398 g/mol. The van der Waals surface area contributed by atoms with Gasteiger partial charge in [-0.15, -0.1) is 0 Å². The lowest BCUT2D eigenvalue weighted by atomic mass is 10.00. The molecule has 0 N–H and O–H groups in total. The first-order valence-electron chi connectivity index (χ1n) is 9.22. The first-order valence-corrected chi connectivity index (χ1v) is 9.22. The quantitative estimate of drug-likeness (QED) is 0.186. The molecule has 2 heterocycles. The number of rotatable bonds is 2. The zero-order valence-corrected chi connectivity index (χ0v) is 15.8. The summed E-state index contributed by atoms with van der Waals surface area (Å²) in [5.41, 5.74) is 0.111. The van der Waals surface area contributed by atoms with E-state index < -0.39 is 17.2 Å². The topological polar surface area (TPSA) is 86.7 Å². The van der Waals surface area contributed by atoms with Crippen molar-refractivity contribution in [2.75, 3.05) is 0 Å². The smallest absolute Gasteiger partial charge is 0.344 e. The van der Waals surface area contributed by atoms with Crippen LogP contribution in [0.15, 0.2) is 85.2 Å². The number of hydrogen-bond donors (Lipinski definition) is 0. The molecule has 6 heteroatoms. The van der Waals surface area contributed by atoms with E-state index in [9.17, 15) is 14.4 Å². The summed E-state index contributed by atoms with van der Waals surface area (Å²) in [4.78, 5) is 36.2. The molecule has 5 rings (SSSR count). The second-order valence-corrected chi connectivity index (χ2v) is 6.88. The molecule has 0 amide bonds. The predicted molar refractivity (Wildman–Crippen MR) is 113 cm³/mol. The molecular weight excluding hydrogens is 384 g/mol. The Morgan fingerprint density at radius 2 is 1.60 bits per heavy atom. The van der Waals surface area contributed by atoms with Crippen LogP contribution in [0.2, 0.25) is 0 Å². The Balaban J connectivity index is 1.82. The molecule has 0 radical (unpaired) electrons. The SMILES string of the molecule is CC(=O)Oc1ccc2c(-c3cc4c(ccc5ccccc54)oc3=O)cc(=O)oc2c1. The molecule has 0 bridgehead atoms. The minimum absolute atomic E-state index is 0.202. The van der Waals surface area contributed by atoms with Crippen molar-refractivity contribution in [1.82, 2.24) is 0 Å². The minimum atomic E-state index is -0.630. The third-order valence-electron chi connectivity index (χ3n) is 4.91. The van der Waals surface area contributed by atoms with Gasteiger partial charge in [0.05, 0.1) is 5.56 Å². The molecule has 3 aromatic carbocycles. The highest BCUT2D eigenvalue weighted by atomic mass is 16.5. The van der Waals surface area contributed by atoms with Crippen LogP contribution in [0.5, 0.6) is 5.75 Å². The second-order valence-electron chi connectivity index (χ2n) is 6.88. The maximum absolute atomic E-state index is 12.8. The van der Waals surface area contributed by atoms with E-state index in [4.69, 9.17) is 13.6 Å². The van der Waals surface area contributed by atoms with Gasteiger partial charge in [0.1, 0.15) is 16.9 Å². The Bertz CT molecular complexity index is 1590. The summed E-state index contributed by atoms with van der Waals surface area (Å²) in [5.74, 6) is -0.248. The van der Waals surface area contributed by atoms with Crippen LogP contribution in [-0.4, -0.2) is 5.97 Å². The lowest BCUT2D eigenvalue weighted by Crippen LogP contribution is -2.07. The Kier molecular flexibility index (Phi) is 3.99. The second kappa shape index (κ2) is 6.70. The molecule has 0 aliphatic heterocycles. The van der Waals surface area contributed by atoms with Crippen LogP contribution in [0.1, 0.15) is 6.92 Å². The van der Waals surface area contributed by atoms with Gasteiger partial charge in [-0.25, -0.2) is 9.59 Å². The number of hydrogen-bond acceptors (Lipinski definition) is 6. The van der Waals surface area contributed by atoms with Gasteiger partial charge in [-0.3, -0.25) is 4.79 Å². The number of carbonyl (C=O) groups is 1. The predicted octanol–water partition coefficient (Wildman–Crippen LogP) is 4.64. The molecule has 146 valence electrons. The maximum Gasteiger partial charge on any atom is 0.344 e. The summed E-state index contributed by atoms with van der Waals surface area (Å²) in [6, 6.07) is 19.1. The highest BCUT2D eigenvalue weighted by Gasteiger charge is 2.15. The minimum Gasteiger partial charge on any atom is -0.427 e. The Morgan fingerprint density at radius 1 is 0.767 bits per heavy atom. The van der Waals surface area contributed by atoms with Gasteiger partial charge < -0.3 is 13.6 Å². The molecule has 5 aromatic rings. The van der Waals surface area contributed by atoms with Crippen LogP contribution >= 0.6 is 0 Å². The standard InChI is InChI=1S/C24H14O6/c1-13(25)28-15-7-8-17-18(12-23(26)29-22(17)10-15)20-11-19-16-5-3-2-4-14(16)6-9-21(19)30-24(20)27/h2-12H,1H3. The number of fused-ring (bicyclic) bond motifs is 4. The van der Waals surface area contributed by atoms with Gasteiger partial charge in [0.2, 0.25) is 0 Å². The normalized spacial score (nSPS) is 11.2. The molecule has 6 nitrogen and oxygen atoms in total. The molecule has 0 aliphatic rings. The van der Waals surface area contributed by atoms with Crippen molar-refractivity contribution in [3.8, 4) is 16.9 Å². The van der Waals surface area contributed by atoms with Crippen molar-refractivity contribution in [2.45, 2.75) is 6.92 Å². The summed E-state index contributed by atoms with van der Waals surface area (Å²) in [6.07, 6.45) is 0. The van der Waals surface area contributed by atoms with Crippen molar-refractivity contribution >= 4 is 38.7 Å². The fourth-order valence-corrected chi connectivity index (χ4v) is 3.65. The van der Waals surface area contributed by atoms with E-state index in [-0.39, 0.29) is 16.9 Å². The molecule has 0 aliphatic carbocycles. The lowest BCUT2D eigenvalue weighted by molar-refractivity contribution is -0.131. The molecule has 2 aromatic heterocycles. The van der Waals surface area contributed by atoms with Crippen molar-refractivity contribution in [2.24, 2.45) is 0 Å². The van der Waals surface area contributed by atoms with Crippen LogP contribution in [0.25, 0.3) is 43.8 Å². The Labute approximate surface area is 168 Å². The largest absolute Gasteiger partial charge is 0.427 e.